The Balaban J connectivity index is 2.18. The normalized spacial score (nSPS) is 27.7. The topological polar surface area (TPSA) is 48.0 Å². The molecular formula is C17H32BNO4. The van der Waals surface area contributed by atoms with Crippen LogP contribution in [0.25, 0.3) is 0 Å². The minimum absolute atomic E-state index is 0.0894. The fourth-order valence-corrected chi connectivity index (χ4v) is 3.01. The first-order valence-electron chi connectivity index (χ1n) is 8.78. The zero-order valence-electron chi connectivity index (χ0n) is 15.8. The summed E-state index contributed by atoms with van der Waals surface area (Å²) < 4.78 is 18.0. The van der Waals surface area contributed by atoms with Gasteiger partial charge in [0.2, 0.25) is 0 Å². The number of ether oxygens (including phenoxy) is 1. The van der Waals surface area contributed by atoms with E-state index in [0.717, 1.165) is 25.7 Å². The van der Waals surface area contributed by atoms with Crippen LogP contribution in [0.3, 0.4) is 0 Å². The monoisotopic (exact) mass is 325 g/mol. The summed E-state index contributed by atoms with van der Waals surface area (Å²) in [6, 6.07) is 0. The molecule has 2 fully saturated rings. The van der Waals surface area contributed by atoms with E-state index in [-0.39, 0.29) is 23.2 Å². The highest BCUT2D eigenvalue weighted by molar-refractivity contribution is 6.47. The SMILES string of the molecule is CC(C)(C)OC(=O)N1CCCCCC1B1OC(C)(C)C(C)(C)O1. The number of nitrogens with zero attached hydrogens (tertiary/aromatic N) is 1. The highest BCUT2D eigenvalue weighted by atomic mass is 16.7. The molecule has 2 saturated heterocycles. The first kappa shape index (κ1) is 18.6. The van der Waals surface area contributed by atoms with Crippen molar-refractivity contribution in [1.82, 2.24) is 4.90 Å². The lowest BCUT2D eigenvalue weighted by molar-refractivity contribution is 0.00578. The molecule has 0 radical (unpaired) electrons. The Hall–Kier alpha value is -0.745. The molecule has 5 nitrogen and oxygen atoms in total. The van der Waals surface area contributed by atoms with Gasteiger partial charge in [-0.25, -0.2) is 4.79 Å². The highest BCUT2D eigenvalue weighted by Gasteiger charge is 2.55. The van der Waals surface area contributed by atoms with Crippen molar-refractivity contribution in [2.24, 2.45) is 0 Å². The predicted molar refractivity (Wildman–Crippen MR) is 91.3 cm³/mol. The van der Waals surface area contributed by atoms with E-state index in [0.29, 0.717) is 6.54 Å². The van der Waals surface area contributed by atoms with Crippen molar-refractivity contribution >= 4 is 13.2 Å². The summed E-state index contributed by atoms with van der Waals surface area (Å²) >= 11 is 0. The van der Waals surface area contributed by atoms with Gasteiger partial charge in [0.1, 0.15) is 5.60 Å². The van der Waals surface area contributed by atoms with Crippen molar-refractivity contribution < 1.29 is 18.8 Å². The van der Waals surface area contributed by atoms with Crippen molar-refractivity contribution in [3.8, 4) is 0 Å². The second kappa shape index (κ2) is 6.28. The third-order valence-corrected chi connectivity index (χ3v) is 5.01. The molecule has 0 aromatic carbocycles. The Labute approximate surface area is 141 Å². The molecule has 1 unspecified atom stereocenters. The zero-order chi connectivity index (χ0) is 17.5. The average Bonchev–Trinajstić information content (AvgIpc) is 2.55. The minimum Gasteiger partial charge on any atom is -0.444 e. The van der Waals surface area contributed by atoms with Gasteiger partial charge >= 0.3 is 13.2 Å². The lowest BCUT2D eigenvalue weighted by Crippen LogP contribution is -2.51. The van der Waals surface area contributed by atoms with Gasteiger partial charge in [0.05, 0.1) is 17.1 Å². The van der Waals surface area contributed by atoms with E-state index in [2.05, 4.69) is 0 Å². The van der Waals surface area contributed by atoms with Crippen molar-refractivity contribution in [3.05, 3.63) is 0 Å². The van der Waals surface area contributed by atoms with Crippen LogP contribution in [0.5, 0.6) is 0 Å². The van der Waals surface area contributed by atoms with Crippen molar-refractivity contribution in [1.29, 1.82) is 0 Å². The summed E-state index contributed by atoms with van der Waals surface area (Å²) in [4.78, 5) is 14.5. The summed E-state index contributed by atoms with van der Waals surface area (Å²) in [6.45, 7) is 14.6. The van der Waals surface area contributed by atoms with E-state index in [1.165, 1.54) is 0 Å². The van der Waals surface area contributed by atoms with Crippen LogP contribution in [-0.4, -0.2) is 47.4 Å². The second-order valence-corrected chi connectivity index (χ2v) is 8.72. The largest absolute Gasteiger partial charge is 0.482 e. The molecule has 0 bridgehead atoms. The Kier molecular flexibility index (Phi) is 5.08. The average molecular weight is 325 g/mol. The predicted octanol–water partition coefficient (Wildman–Crippen LogP) is 3.80. The summed E-state index contributed by atoms with van der Waals surface area (Å²) in [5.41, 5.74) is -1.27. The van der Waals surface area contributed by atoms with Crippen LogP contribution in [0, 0.1) is 0 Å². The summed E-state index contributed by atoms with van der Waals surface area (Å²) in [5.74, 6) is -0.0894. The van der Waals surface area contributed by atoms with Gasteiger partial charge < -0.3 is 18.9 Å². The van der Waals surface area contributed by atoms with Crippen LogP contribution >= 0.6 is 0 Å². The molecule has 0 aromatic heterocycles. The van der Waals surface area contributed by atoms with E-state index in [9.17, 15) is 4.79 Å². The molecular weight excluding hydrogens is 293 g/mol. The number of hydrogen-bond donors (Lipinski definition) is 0. The lowest BCUT2D eigenvalue weighted by Gasteiger charge is -2.33. The Morgan fingerprint density at radius 1 is 1.09 bits per heavy atom. The Morgan fingerprint density at radius 3 is 2.17 bits per heavy atom. The minimum atomic E-state index is -0.496. The van der Waals surface area contributed by atoms with Gasteiger partial charge in [-0.05, 0) is 61.3 Å². The number of likely N-dealkylation sites (tertiary alicyclic amines) is 1. The Morgan fingerprint density at radius 2 is 1.65 bits per heavy atom. The number of rotatable bonds is 1. The van der Waals surface area contributed by atoms with Crippen LogP contribution in [0.4, 0.5) is 4.79 Å². The van der Waals surface area contributed by atoms with Crippen LogP contribution in [0.2, 0.25) is 0 Å². The maximum Gasteiger partial charge on any atom is 0.482 e. The third-order valence-electron chi connectivity index (χ3n) is 5.01. The van der Waals surface area contributed by atoms with Gasteiger partial charge in [0.25, 0.3) is 0 Å². The Bertz CT molecular complexity index is 428. The number of carbonyl (C=O) groups excluding carboxylic acids is 1. The van der Waals surface area contributed by atoms with Crippen molar-refractivity contribution in [3.63, 3.8) is 0 Å². The van der Waals surface area contributed by atoms with Crippen LogP contribution in [0.1, 0.15) is 74.1 Å². The molecule has 2 heterocycles. The molecule has 1 atom stereocenters. The molecule has 0 spiro atoms. The maximum atomic E-state index is 12.6. The molecule has 0 aliphatic carbocycles. The second-order valence-electron chi connectivity index (χ2n) is 8.72. The van der Waals surface area contributed by atoms with Crippen LogP contribution < -0.4 is 0 Å². The number of carbonyl (C=O) groups is 1. The van der Waals surface area contributed by atoms with E-state index in [4.69, 9.17) is 14.0 Å². The molecule has 6 heteroatoms. The molecule has 0 saturated carbocycles. The molecule has 0 aromatic rings. The molecule has 2 aliphatic heterocycles. The van der Waals surface area contributed by atoms with Crippen molar-refractivity contribution in [2.45, 2.75) is 96.9 Å². The van der Waals surface area contributed by atoms with Gasteiger partial charge in [0.15, 0.2) is 0 Å². The van der Waals surface area contributed by atoms with E-state index < -0.39 is 12.7 Å². The van der Waals surface area contributed by atoms with E-state index in [1.54, 1.807) is 0 Å². The molecule has 2 rings (SSSR count). The van der Waals surface area contributed by atoms with Gasteiger partial charge in [-0.1, -0.05) is 12.8 Å². The van der Waals surface area contributed by atoms with Gasteiger partial charge in [0, 0.05) is 6.54 Å². The van der Waals surface area contributed by atoms with Crippen molar-refractivity contribution in [2.75, 3.05) is 6.54 Å². The standard InChI is InChI=1S/C17H32BNO4/c1-15(2,3)21-14(20)19-12-10-8-9-11-13(19)18-22-16(4,5)17(6,7)23-18/h13H,8-12H2,1-7H3. The van der Waals surface area contributed by atoms with Crippen LogP contribution in [0.15, 0.2) is 0 Å². The van der Waals surface area contributed by atoms with Gasteiger partial charge in [-0.3, -0.25) is 0 Å². The number of amides is 1. The fourth-order valence-electron chi connectivity index (χ4n) is 3.01. The highest BCUT2D eigenvalue weighted by Crippen LogP contribution is 2.39. The van der Waals surface area contributed by atoms with E-state index in [1.807, 2.05) is 53.4 Å². The first-order chi connectivity index (χ1) is 10.4. The molecule has 0 N–H and O–H groups in total. The zero-order valence-corrected chi connectivity index (χ0v) is 15.8. The van der Waals surface area contributed by atoms with Crippen LogP contribution in [-0.2, 0) is 14.0 Å². The van der Waals surface area contributed by atoms with Gasteiger partial charge in [-0.2, -0.15) is 0 Å². The first-order valence-corrected chi connectivity index (χ1v) is 8.78. The van der Waals surface area contributed by atoms with E-state index >= 15 is 0 Å². The maximum absolute atomic E-state index is 12.6. The number of hydrogen-bond acceptors (Lipinski definition) is 4. The fraction of sp³-hybridized carbons (Fsp3) is 0.941. The third kappa shape index (κ3) is 4.21. The van der Waals surface area contributed by atoms with Gasteiger partial charge in [-0.15, -0.1) is 0 Å². The smallest absolute Gasteiger partial charge is 0.444 e. The molecule has 1 amide bonds. The summed E-state index contributed by atoms with van der Waals surface area (Å²) in [5, 5.41) is 0. The lowest BCUT2D eigenvalue weighted by atomic mass is 9.75. The summed E-state index contributed by atoms with van der Waals surface area (Å²) in [6.07, 6.45) is 3.81. The summed E-state index contributed by atoms with van der Waals surface area (Å²) in [7, 11) is -0.398. The molecule has 2 aliphatic rings. The quantitative estimate of drug-likeness (QED) is 0.688. The molecule has 132 valence electrons. The molecule has 23 heavy (non-hydrogen) atoms.